The monoisotopic (exact) mass is 231 g/mol. The molecule has 0 amide bonds. The Hall–Kier alpha value is -1.30. The Labute approximate surface area is 88.1 Å². The summed E-state index contributed by atoms with van der Waals surface area (Å²) in [6, 6.07) is 2.51. The minimum absolute atomic E-state index is 0.0615. The standard InChI is InChI=1S/C9H13NO4S/c1-6(2)5-15(10,13)8-4-3-7(14-8)9(11)12/h3-4,6,10H,5H2,1-2H3,(H,11,12). The Morgan fingerprint density at radius 1 is 1.60 bits per heavy atom. The van der Waals surface area contributed by atoms with Crippen molar-refractivity contribution in [1.29, 1.82) is 4.78 Å². The first-order chi connectivity index (χ1) is 6.83. The van der Waals surface area contributed by atoms with E-state index in [2.05, 4.69) is 0 Å². The molecule has 1 rings (SSSR count). The van der Waals surface area contributed by atoms with Gasteiger partial charge < -0.3 is 9.52 Å². The maximum atomic E-state index is 11.8. The molecule has 0 fully saturated rings. The summed E-state index contributed by atoms with van der Waals surface area (Å²) >= 11 is 0. The van der Waals surface area contributed by atoms with Crippen LogP contribution in [0.2, 0.25) is 0 Å². The highest BCUT2D eigenvalue weighted by atomic mass is 32.2. The lowest BCUT2D eigenvalue weighted by atomic mass is 10.3. The van der Waals surface area contributed by atoms with Gasteiger partial charge in [0.15, 0.2) is 5.09 Å². The van der Waals surface area contributed by atoms with Crippen molar-refractivity contribution in [3.63, 3.8) is 0 Å². The second-order valence-electron chi connectivity index (χ2n) is 3.66. The van der Waals surface area contributed by atoms with Crippen molar-refractivity contribution in [2.24, 2.45) is 5.92 Å². The summed E-state index contributed by atoms with van der Waals surface area (Å²) < 4.78 is 24.3. The van der Waals surface area contributed by atoms with Crippen molar-refractivity contribution in [3.8, 4) is 0 Å². The smallest absolute Gasteiger partial charge is 0.371 e. The highest BCUT2D eigenvalue weighted by Crippen LogP contribution is 2.18. The summed E-state index contributed by atoms with van der Waals surface area (Å²) in [5.74, 6) is -1.25. The highest BCUT2D eigenvalue weighted by Gasteiger charge is 2.18. The van der Waals surface area contributed by atoms with Crippen LogP contribution in [0.1, 0.15) is 24.4 Å². The average Bonchev–Trinajstić information content (AvgIpc) is 2.48. The Bertz CT molecular complexity index is 458. The van der Waals surface area contributed by atoms with E-state index in [0.29, 0.717) is 0 Å². The van der Waals surface area contributed by atoms with Gasteiger partial charge in [0.25, 0.3) is 0 Å². The first kappa shape index (κ1) is 11.8. The van der Waals surface area contributed by atoms with Gasteiger partial charge in [-0.25, -0.2) is 13.8 Å². The van der Waals surface area contributed by atoms with Gasteiger partial charge in [0, 0.05) is 5.75 Å². The summed E-state index contributed by atoms with van der Waals surface area (Å²) in [4.78, 5) is 10.5. The Morgan fingerprint density at radius 3 is 2.60 bits per heavy atom. The van der Waals surface area contributed by atoms with Crippen LogP contribution in [-0.4, -0.2) is 21.0 Å². The molecule has 1 atom stereocenters. The molecule has 0 aromatic carbocycles. The quantitative estimate of drug-likeness (QED) is 0.829. The molecule has 6 heteroatoms. The zero-order valence-corrected chi connectivity index (χ0v) is 9.34. The summed E-state index contributed by atoms with van der Waals surface area (Å²) in [7, 11) is -3.00. The van der Waals surface area contributed by atoms with Crippen LogP contribution in [-0.2, 0) is 9.73 Å². The van der Waals surface area contributed by atoms with Crippen LogP contribution in [0.5, 0.6) is 0 Å². The predicted octanol–water partition coefficient (Wildman–Crippen LogP) is 2.04. The zero-order valence-electron chi connectivity index (χ0n) is 8.52. The number of hydrogen-bond acceptors (Lipinski definition) is 4. The number of furan rings is 1. The normalized spacial score (nSPS) is 15.1. The van der Waals surface area contributed by atoms with Crippen molar-refractivity contribution < 1.29 is 18.5 Å². The van der Waals surface area contributed by atoms with Crippen LogP contribution in [0.4, 0.5) is 0 Å². The fourth-order valence-electron chi connectivity index (χ4n) is 1.16. The number of carboxylic acid groups (broad SMARTS) is 1. The van der Waals surface area contributed by atoms with Crippen LogP contribution >= 0.6 is 0 Å². The molecule has 1 heterocycles. The first-order valence-corrected chi connectivity index (χ1v) is 6.15. The molecule has 0 aliphatic heterocycles. The van der Waals surface area contributed by atoms with Gasteiger partial charge in [-0.05, 0) is 18.1 Å². The van der Waals surface area contributed by atoms with E-state index < -0.39 is 15.7 Å². The topological polar surface area (TPSA) is 91.4 Å². The van der Waals surface area contributed by atoms with E-state index in [1.54, 1.807) is 0 Å². The molecule has 0 radical (unpaired) electrons. The Morgan fingerprint density at radius 2 is 2.20 bits per heavy atom. The van der Waals surface area contributed by atoms with Gasteiger partial charge in [0.2, 0.25) is 5.76 Å². The van der Waals surface area contributed by atoms with Gasteiger partial charge in [-0.2, -0.15) is 0 Å². The lowest BCUT2D eigenvalue weighted by Gasteiger charge is -2.06. The highest BCUT2D eigenvalue weighted by molar-refractivity contribution is 7.92. The number of hydrogen-bond donors (Lipinski definition) is 2. The fraction of sp³-hybridized carbons (Fsp3) is 0.444. The molecule has 1 unspecified atom stereocenters. The molecule has 15 heavy (non-hydrogen) atoms. The van der Waals surface area contributed by atoms with E-state index in [1.807, 2.05) is 13.8 Å². The van der Waals surface area contributed by atoms with Crippen molar-refractivity contribution in [2.75, 3.05) is 5.75 Å². The van der Waals surface area contributed by atoms with Gasteiger partial charge in [-0.15, -0.1) is 0 Å². The molecule has 0 aliphatic rings. The Balaban J connectivity index is 3.01. The van der Waals surface area contributed by atoms with Crippen LogP contribution in [0.3, 0.4) is 0 Å². The van der Waals surface area contributed by atoms with Crippen LogP contribution < -0.4 is 0 Å². The third-order valence-electron chi connectivity index (χ3n) is 1.69. The van der Waals surface area contributed by atoms with E-state index in [0.717, 1.165) is 0 Å². The molecule has 1 aromatic heterocycles. The SMILES string of the molecule is CC(C)CS(=N)(=O)c1ccc(C(=O)O)o1. The van der Waals surface area contributed by atoms with Crippen molar-refractivity contribution >= 4 is 15.7 Å². The Kier molecular flexibility index (Phi) is 3.18. The molecule has 0 aliphatic carbocycles. The van der Waals surface area contributed by atoms with Gasteiger partial charge in [0.05, 0.1) is 0 Å². The van der Waals surface area contributed by atoms with Crippen molar-refractivity contribution in [2.45, 2.75) is 18.9 Å². The number of rotatable bonds is 4. The second kappa shape index (κ2) is 4.06. The summed E-state index contributed by atoms with van der Waals surface area (Å²) in [6.45, 7) is 3.68. The molecule has 5 nitrogen and oxygen atoms in total. The predicted molar refractivity (Wildman–Crippen MR) is 54.5 cm³/mol. The third-order valence-corrected chi connectivity index (χ3v) is 3.69. The number of nitrogens with one attached hydrogen (secondary N) is 1. The molecule has 0 saturated carbocycles. The molecule has 0 bridgehead atoms. The van der Waals surface area contributed by atoms with E-state index in [9.17, 15) is 9.00 Å². The van der Waals surface area contributed by atoms with E-state index >= 15 is 0 Å². The van der Waals surface area contributed by atoms with Crippen molar-refractivity contribution in [3.05, 3.63) is 17.9 Å². The van der Waals surface area contributed by atoms with Crippen LogP contribution in [0.25, 0.3) is 0 Å². The number of carbonyl (C=O) groups is 1. The minimum Gasteiger partial charge on any atom is -0.475 e. The number of aromatic carboxylic acids is 1. The number of carboxylic acids is 1. The summed E-state index contributed by atoms with van der Waals surface area (Å²) in [5, 5.41) is 8.54. The maximum Gasteiger partial charge on any atom is 0.371 e. The van der Waals surface area contributed by atoms with E-state index in [4.69, 9.17) is 14.3 Å². The molecule has 84 valence electrons. The third kappa shape index (κ3) is 2.82. The lowest BCUT2D eigenvalue weighted by Crippen LogP contribution is -2.09. The van der Waals surface area contributed by atoms with E-state index in [1.165, 1.54) is 12.1 Å². The summed E-state index contributed by atoms with van der Waals surface area (Å²) in [6.07, 6.45) is 0. The van der Waals surface area contributed by atoms with Crippen molar-refractivity contribution in [1.82, 2.24) is 0 Å². The first-order valence-electron chi connectivity index (χ1n) is 4.42. The maximum absolute atomic E-state index is 11.8. The zero-order chi connectivity index (χ0) is 11.6. The summed E-state index contributed by atoms with van der Waals surface area (Å²) in [5.41, 5.74) is 0. The molecule has 2 N–H and O–H groups in total. The minimum atomic E-state index is -3.00. The van der Waals surface area contributed by atoms with Gasteiger partial charge in [-0.1, -0.05) is 13.8 Å². The molecule has 1 aromatic rings. The molecular weight excluding hydrogens is 218 g/mol. The van der Waals surface area contributed by atoms with Crippen LogP contribution in [0, 0.1) is 10.7 Å². The lowest BCUT2D eigenvalue weighted by molar-refractivity contribution is 0.0656. The molecular formula is C9H13NO4S. The average molecular weight is 231 g/mol. The van der Waals surface area contributed by atoms with Gasteiger partial charge >= 0.3 is 5.97 Å². The van der Waals surface area contributed by atoms with Gasteiger partial charge in [-0.3, -0.25) is 0 Å². The molecule has 0 spiro atoms. The van der Waals surface area contributed by atoms with Crippen LogP contribution in [0.15, 0.2) is 21.6 Å². The fourth-order valence-corrected chi connectivity index (χ4v) is 2.78. The largest absolute Gasteiger partial charge is 0.475 e. The molecule has 0 saturated heterocycles. The second-order valence-corrected chi connectivity index (χ2v) is 5.75. The van der Waals surface area contributed by atoms with E-state index in [-0.39, 0.29) is 22.5 Å². The van der Waals surface area contributed by atoms with Gasteiger partial charge in [0.1, 0.15) is 9.73 Å².